The Morgan fingerprint density at radius 1 is 1.06 bits per heavy atom. The van der Waals surface area contributed by atoms with Crippen LogP contribution in [0.5, 0.6) is 11.5 Å². The molecular weight excluding hydrogens is 444 g/mol. The van der Waals surface area contributed by atoms with Crippen LogP contribution in [0.2, 0.25) is 5.02 Å². The van der Waals surface area contributed by atoms with Crippen LogP contribution in [0.25, 0.3) is 0 Å². The summed E-state index contributed by atoms with van der Waals surface area (Å²) in [4.78, 5) is 15.8. The summed E-state index contributed by atoms with van der Waals surface area (Å²) in [6.45, 7) is 2.42. The van der Waals surface area contributed by atoms with Crippen LogP contribution < -0.4 is 19.7 Å². The molecule has 0 atom stereocenters. The van der Waals surface area contributed by atoms with Crippen molar-refractivity contribution in [1.82, 2.24) is 5.32 Å². The molecule has 1 aliphatic heterocycles. The number of hydrogen-bond donors (Lipinski definition) is 1. The Morgan fingerprint density at radius 2 is 1.91 bits per heavy atom. The van der Waals surface area contributed by atoms with Crippen LogP contribution in [0.15, 0.2) is 41.3 Å². The fourth-order valence-corrected chi connectivity index (χ4v) is 5.12. The maximum Gasteiger partial charge on any atom is 0.228 e. The number of halogens is 1. The first-order valence-electron chi connectivity index (χ1n) is 11.3. The van der Waals surface area contributed by atoms with E-state index in [1.807, 2.05) is 29.2 Å². The number of thioether (sulfide) groups is 1. The molecule has 7 heteroatoms. The second-order valence-corrected chi connectivity index (χ2v) is 9.43. The van der Waals surface area contributed by atoms with Gasteiger partial charge in [0.15, 0.2) is 11.5 Å². The molecule has 0 bridgehead atoms. The number of methoxy groups -OCH3 is 2. The normalized spacial score (nSPS) is 13.4. The monoisotopic (exact) mass is 476 g/mol. The molecular formula is C25H33ClN2O3S. The number of fused-ring (bicyclic) bond motifs is 1. The third kappa shape index (κ3) is 7.06. The van der Waals surface area contributed by atoms with Crippen LogP contribution in [0, 0.1) is 0 Å². The highest BCUT2D eigenvalue weighted by Gasteiger charge is 2.21. The number of benzene rings is 2. The predicted molar refractivity (Wildman–Crippen MR) is 134 cm³/mol. The van der Waals surface area contributed by atoms with E-state index >= 15 is 0 Å². The molecule has 1 N–H and O–H groups in total. The van der Waals surface area contributed by atoms with Crippen LogP contribution in [0.3, 0.4) is 0 Å². The van der Waals surface area contributed by atoms with E-state index in [0.29, 0.717) is 13.0 Å². The Bertz CT molecular complexity index is 893. The largest absolute Gasteiger partial charge is 0.493 e. The molecule has 32 heavy (non-hydrogen) atoms. The van der Waals surface area contributed by atoms with Gasteiger partial charge in [-0.1, -0.05) is 24.1 Å². The molecule has 0 radical (unpaired) electrons. The summed E-state index contributed by atoms with van der Waals surface area (Å²) in [6, 6.07) is 11.9. The van der Waals surface area contributed by atoms with Gasteiger partial charge in [0.2, 0.25) is 5.91 Å². The van der Waals surface area contributed by atoms with Crippen LogP contribution >= 0.6 is 23.4 Å². The molecule has 0 spiro atoms. The Labute approximate surface area is 200 Å². The number of hydrogen-bond acceptors (Lipinski definition) is 5. The molecule has 174 valence electrons. The summed E-state index contributed by atoms with van der Waals surface area (Å²) < 4.78 is 10.7. The standard InChI is InChI=1S/C25H33ClN2O3S/c1-30-22-11-8-19(17-23(22)31-2)7-4-3-5-13-27-14-12-25(29)28-15-6-16-32-24-18-20(26)9-10-21(24)28/h8-11,17-18,27H,3-7,12-16H2,1-2H3. The number of aryl methyl sites for hydroxylation is 1. The highest BCUT2D eigenvalue weighted by Crippen LogP contribution is 2.36. The zero-order valence-corrected chi connectivity index (χ0v) is 20.6. The van der Waals surface area contributed by atoms with Gasteiger partial charge < -0.3 is 19.7 Å². The molecule has 0 saturated heterocycles. The quantitative estimate of drug-likeness (QED) is 0.429. The van der Waals surface area contributed by atoms with Crippen molar-refractivity contribution in [1.29, 1.82) is 0 Å². The van der Waals surface area contributed by atoms with E-state index in [1.54, 1.807) is 26.0 Å². The maximum absolute atomic E-state index is 12.8. The van der Waals surface area contributed by atoms with Gasteiger partial charge in [-0.3, -0.25) is 4.79 Å². The first-order valence-corrected chi connectivity index (χ1v) is 12.6. The van der Waals surface area contributed by atoms with E-state index in [9.17, 15) is 4.79 Å². The van der Waals surface area contributed by atoms with Crippen molar-refractivity contribution < 1.29 is 14.3 Å². The molecule has 2 aromatic rings. The number of nitrogens with one attached hydrogen (secondary N) is 1. The van der Waals surface area contributed by atoms with Gasteiger partial charge in [0.25, 0.3) is 0 Å². The molecule has 0 aliphatic carbocycles. The first kappa shape index (κ1) is 24.7. The summed E-state index contributed by atoms with van der Waals surface area (Å²) in [6.07, 6.45) is 5.90. The number of carbonyl (C=O) groups excluding carboxylic acids is 1. The smallest absolute Gasteiger partial charge is 0.228 e. The van der Waals surface area contributed by atoms with Gasteiger partial charge in [-0.05, 0) is 73.9 Å². The van der Waals surface area contributed by atoms with Crippen molar-refractivity contribution in [3.05, 3.63) is 47.0 Å². The van der Waals surface area contributed by atoms with Crippen molar-refractivity contribution in [3.63, 3.8) is 0 Å². The first-order chi connectivity index (χ1) is 15.6. The molecule has 3 rings (SSSR count). The fraction of sp³-hybridized carbons (Fsp3) is 0.480. The van der Waals surface area contributed by atoms with E-state index in [1.165, 1.54) is 5.56 Å². The summed E-state index contributed by atoms with van der Waals surface area (Å²) in [5.74, 6) is 2.74. The molecule has 0 aromatic heterocycles. The van der Waals surface area contributed by atoms with Gasteiger partial charge in [0.1, 0.15) is 0 Å². The van der Waals surface area contributed by atoms with E-state index in [2.05, 4.69) is 17.4 Å². The Morgan fingerprint density at radius 3 is 2.72 bits per heavy atom. The lowest BCUT2D eigenvalue weighted by Gasteiger charge is -2.22. The van der Waals surface area contributed by atoms with Gasteiger partial charge in [-0.25, -0.2) is 0 Å². The van der Waals surface area contributed by atoms with Gasteiger partial charge in [0.05, 0.1) is 19.9 Å². The third-order valence-corrected chi connectivity index (χ3v) is 6.95. The van der Waals surface area contributed by atoms with Crippen LogP contribution in [-0.2, 0) is 11.2 Å². The SMILES string of the molecule is COc1ccc(CCCCCNCCC(=O)N2CCCSc3cc(Cl)ccc32)cc1OC. The molecule has 2 aromatic carbocycles. The average molecular weight is 477 g/mol. The molecule has 1 amide bonds. The Balaban J connectivity index is 1.33. The lowest BCUT2D eigenvalue weighted by atomic mass is 10.1. The van der Waals surface area contributed by atoms with Gasteiger partial charge in [0, 0.05) is 29.4 Å². The Kier molecular flexibility index (Phi) is 10.0. The zero-order valence-electron chi connectivity index (χ0n) is 19.0. The Hall–Kier alpha value is -1.89. The maximum atomic E-state index is 12.8. The van der Waals surface area contributed by atoms with E-state index in [-0.39, 0.29) is 5.91 Å². The fourth-order valence-electron chi connectivity index (χ4n) is 3.86. The number of ether oxygens (including phenoxy) is 2. The van der Waals surface area contributed by atoms with Gasteiger partial charge in [-0.2, -0.15) is 0 Å². The second-order valence-electron chi connectivity index (χ2n) is 7.86. The van der Waals surface area contributed by atoms with Crippen molar-refractivity contribution in [2.45, 2.75) is 43.4 Å². The average Bonchev–Trinajstić information content (AvgIpc) is 3.02. The minimum atomic E-state index is 0.178. The van der Waals surface area contributed by atoms with Gasteiger partial charge in [-0.15, -0.1) is 11.8 Å². The van der Waals surface area contributed by atoms with Gasteiger partial charge >= 0.3 is 0 Å². The minimum absolute atomic E-state index is 0.178. The van der Waals surface area contributed by atoms with E-state index in [0.717, 1.165) is 78.1 Å². The minimum Gasteiger partial charge on any atom is -0.493 e. The number of anilines is 1. The summed E-state index contributed by atoms with van der Waals surface area (Å²) in [7, 11) is 3.32. The van der Waals surface area contributed by atoms with Crippen molar-refractivity contribution in [2.75, 3.05) is 44.5 Å². The highest BCUT2D eigenvalue weighted by molar-refractivity contribution is 7.99. The summed E-state index contributed by atoms with van der Waals surface area (Å²) in [5.41, 5.74) is 2.26. The highest BCUT2D eigenvalue weighted by atomic mass is 35.5. The number of carbonyl (C=O) groups is 1. The molecule has 0 fully saturated rings. The lowest BCUT2D eigenvalue weighted by molar-refractivity contribution is -0.118. The van der Waals surface area contributed by atoms with Crippen LogP contribution in [0.1, 0.15) is 37.7 Å². The lowest BCUT2D eigenvalue weighted by Crippen LogP contribution is -2.34. The second kappa shape index (κ2) is 13.0. The predicted octanol–water partition coefficient (Wildman–Crippen LogP) is 5.58. The topological polar surface area (TPSA) is 50.8 Å². The summed E-state index contributed by atoms with van der Waals surface area (Å²) >= 11 is 7.91. The third-order valence-electron chi connectivity index (χ3n) is 5.58. The molecule has 1 heterocycles. The van der Waals surface area contributed by atoms with Crippen molar-refractivity contribution in [2.24, 2.45) is 0 Å². The zero-order chi connectivity index (χ0) is 22.8. The molecule has 5 nitrogen and oxygen atoms in total. The van der Waals surface area contributed by atoms with Crippen LogP contribution in [0.4, 0.5) is 5.69 Å². The number of rotatable bonds is 11. The number of nitrogens with zero attached hydrogens (tertiary/aromatic N) is 1. The summed E-state index contributed by atoms with van der Waals surface area (Å²) in [5, 5.41) is 4.15. The van der Waals surface area contributed by atoms with E-state index in [4.69, 9.17) is 21.1 Å². The van der Waals surface area contributed by atoms with Crippen molar-refractivity contribution >= 4 is 35.0 Å². The molecule has 1 aliphatic rings. The van der Waals surface area contributed by atoms with Crippen LogP contribution in [-0.4, -0.2) is 45.5 Å². The number of unbranched alkanes of at least 4 members (excludes halogenated alkanes) is 2. The molecule has 0 saturated carbocycles. The molecule has 0 unspecified atom stereocenters. The van der Waals surface area contributed by atoms with Crippen molar-refractivity contribution in [3.8, 4) is 11.5 Å². The van der Waals surface area contributed by atoms with E-state index < -0.39 is 0 Å². The number of amides is 1.